The van der Waals surface area contributed by atoms with Crippen LogP contribution in [-0.2, 0) is 4.79 Å². The van der Waals surface area contributed by atoms with Crippen molar-refractivity contribution in [3.8, 4) is 11.8 Å². The lowest BCUT2D eigenvalue weighted by Gasteiger charge is -1.99. The highest BCUT2D eigenvalue weighted by atomic mass is 35.5. The van der Waals surface area contributed by atoms with Gasteiger partial charge in [-0.15, -0.1) is 0 Å². The number of amides is 1. The van der Waals surface area contributed by atoms with E-state index >= 15 is 0 Å². The van der Waals surface area contributed by atoms with E-state index in [2.05, 4.69) is 11.8 Å². The van der Waals surface area contributed by atoms with Crippen LogP contribution in [-0.4, -0.2) is 5.91 Å². The van der Waals surface area contributed by atoms with Gasteiger partial charge in [-0.3, -0.25) is 4.79 Å². The van der Waals surface area contributed by atoms with Crippen molar-refractivity contribution in [1.29, 1.82) is 0 Å². The second kappa shape index (κ2) is 5.01. The van der Waals surface area contributed by atoms with Crippen molar-refractivity contribution in [2.24, 2.45) is 5.73 Å². The van der Waals surface area contributed by atoms with Crippen LogP contribution < -0.4 is 5.73 Å². The van der Waals surface area contributed by atoms with Gasteiger partial charge in [0.05, 0.1) is 22.0 Å². The number of benzene rings is 1. The SMILES string of the molecule is NC(=O)CC#Cc1c(Cl)cc(F)cc1Cl. The van der Waals surface area contributed by atoms with Gasteiger partial charge in [-0.1, -0.05) is 35.0 Å². The van der Waals surface area contributed by atoms with Crippen LogP contribution in [0.2, 0.25) is 10.0 Å². The molecule has 5 heteroatoms. The summed E-state index contributed by atoms with van der Waals surface area (Å²) >= 11 is 11.4. The average molecular weight is 246 g/mol. The lowest BCUT2D eigenvalue weighted by atomic mass is 10.2. The summed E-state index contributed by atoms with van der Waals surface area (Å²) in [4.78, 5) is 10.4. The molecule has 2 N–H and O–H groups in total. The fourth-order valence-corrected chi connectivity index (χ4v) is 1.44. The molecule has 2 nitrogen and oxygen atoms in total. The van der Waals surface area contributed by atoms with E-state index < -0.39 is 11.7 Å². The third kappa shape index (κ3) is 3.43. The first-order chi connectivity index (χ1) is 7.00. The van der Waals surface area contributed by atoms with E-state index in [1.807, 2.05) is 0 Å². The van der Waals surface area contributed by atoms with Crippen LogP contribution in [0.3, 0.4) is 0 Å². The quantitative estimate of drug-likeness (QED) is 0.759. The van der Waals surface area contributed by atoms with E-state index in [0.717, 1.165) is 12.1 Å². The first-order valence-electron chi connectivity index (χ1n) is 3.92. The zero-order valence-corrected chi connectivity index (χ0v) is 8.99. The Bertz CT molecular complexity index is 439. The Kier molecular flexibility index (Phi) is 3.96. The maximum atomic E-state index is 12.8. The monoisotopic (exact) mass is 245 g/mol. The third-order valence-corrected chi connectivity index (χ3v) is 2.08. The van der Waals surface area contributed by atoms with Crippen molar-refractivity contribution in [1.82, 2.24) is 0 Å². The van der Waals surface area contributed by atoms with Gasteiger partial charge in [-0.25, -0.2) is 4.39 Å². The van der Waals surface area contributed by atoms with Crippen LogP contribution in [0.25, 0.3) is 0 Å². The molecule has 0 aromatic heterocycles. The fourth-order valence-electron chi connectivity index (χ4n) is 0.881. The molecule has 0 aliphatic carbocycles. The molecule has 1 aromatic rings. The maximum Gasteiger partial charge on any atom is 0.229 e. The molecule has 1 amide bonds. The highest BCUT2D eigenvalue weighted by Gasteiger charge is 2.05. The van der Waals surface area contributed by atoms with Crippen LogP contribution in [0.1, 0.15) is 12.0 Å². The van der Waals surface area contributed by atoms with Gasteiger partial charge in [0, 0.05) is 0 Å². The van der Waals surface area contributed by atoms with Crippen LogP contribution >= 0.6 is 23.2 Å². The number of carbonyl (C=O) groups is 1. The van der Waals surface area contributed by atoms with Crippen molar-refractivity contribution < 1.29 is 9.18 Å². The number of primary amides is 1. The molecule has 1 rings (SSSR count). The summed E-state index contributed by atoms with van der Waals surface area (Å²) in [5.74, 6) is 3.96. The van der Waals surface area contributed by atoms with Crippen LogP contribution in [0.5, 0.6) is 0 Å². The minimum absolute atomic E-state index is 0.0932. The molecule has 0 saturated carbocycles. The van der Waals surface area contributed by atoms with Crippen molar-refractivity contribution >= 4 is 29.1 Å². The van der Waals surface area contributed by atoms with E-state index in [9.17, 15) is 9.18 Å². The van der Waals surface area contributed by atoms with Crippen LogP contribution in [0.4, 0.5) is 4.39 Å². The Balaban J connectivity index is 3.03. The highest BCUT2D eigenvalue weighted by Crippen LogP contribution is 2.24. The summed E-state index contributed by atoms with van der Waals surface area (Å²) in [6, 6.07) is 2.20. The molecule has 0 radical (unpaired) electrons. The number of halogens is 3. The molecule has 0 aliphatic rings. The van der Waals surface area contributed by atoms with Gasteiger partial charge in [-0.05, 0) is 12.1 Å². The third-order valence-electron chi connectivity index (χ3n) is 1.48. The molecule has 78 valence electrons. The Hall–Kier alpha value is -1.24. The summed E-state index contributed by atoms with van der Waals surface area (Å²) in [5, 5.41) is 0.217. The molecule has 0 atom stereocenters. The largest absolute Gasteiger partial charge is 0.369 e. The normalized spacial score (nSPS) is 9.27. The van der Waals surface area contributed by atoms with E-state index in [4.69, 9.17) is 28.9 Å². The molecular formula is C10H6Cl2FNO. The van der Waals surface area contributed by atoms with Gasteiger partial charge >= 0.3 is 0 Å². The zero-order valence-electron chi connectivity index (χ0n) is 7.48. The lowest BCUT2D eigenvalue weighted by Crippen LogP contribution is -2.08. The lowest BCUT2D eigenvalue weighted by molar-refractivity contribution is -0.117. The Morgan fingerprint density at radius 3 is 2.40 bits per heavy atom. The molecular weight excluding hydrogens is 240 g/mol. The Morgan fingerprint density at radius 1 is 1.40 bits per heavy atom. The van der Waals surface area contributed by atoms with Crippen LogP contribution in [0, 0.1) is 17.7 Å². The molecule has 0 unspecified atom stereocenters. The molecule has 0 aliphatic heterocycles. The zero-order chi connectivity index (χ0) is 11.4. The van der Waals surface area contributed by atoms with Gasteiger partial charge in [0.2, 0.25) is 5.91 Å². The van der Waals surface area contributed by atoms with E-state index in [1.165, 1.54) is 0 Å². The first kappa shape index (κ1) is 11.8. The van der Waals surface area contributed by atoms with Crippen molar-refractivity contribution in [3.05, 3.63) is 33.6 Å². The van der Waals surface area contributed by atoms with Gasteiger partial charge in [0.25, 0.3) is 0 Å². The molecule has 1 aromatic carbocycles. The van der Waals surface area contributed by atoms with E-state index in [-0.39, 0.29) is 16.5 Å². The topological polar surface area (TPSA) is 43.1 Å². The number of carbonyl (C=O) groups excluding carboxylic acids is 1. The summed E-state index contributed by atoms with van der Waals surface area (Å²) in [6.07, 6.45) is -0.0932. The standard InChI is InChI=1S/C10H6Cl2FNO/c11-8-4-6(13)5-9(12)7(8)2-1-3-10(14)15/h4-5H,3H2,(H2,14,15). The molecule has 0 fully saturated rings. The molecule has 0 saturated heterocycles. The maximum absolute atomic E-state index is 12.8. The fraction of sp³-hybridized carbons (Fsp3) is 0.100. The minimum atomic E-state index is -0.545. The van der Waals surface area contributed by atoms with Crippen molar-refractivity contribution in [3.63, 3.8) is 0 Å². The first-order valence-corrected chi connectivity index (χ1v) is 4.68. The van der Waals surface area contributed by atoms with Gasteiger partial charge in [0.1, 0.15) is 5.82 Å². The Morgan fingerprint density at radius 2 is 1.93 bits per heavy atom. The smallest absolute Gasteiger partial charge is 0.229 e. The van der Waals surface area contributed by atoms with Crippen molar-refractivity contribution in [2.45, 2.75) is 6.42 Å². The van der Waals surface area contributed by atoms with Crippen LogP contribution in [0.15, 0.2) is 12.1 Å². The molecule has 0 heterocycles. The van der Waals surface area contributed by atoms with Gasteiger partial charge in [0.15, 0.2) is 0 Å². The van der Waals surface area contributed by atoms with Crippen molar-refractivity contribution in [2.75, 3.05) is 0 Å². The van der Waals surface area contributed by atoms with E-state index in [1.54, 1.807) is 0 Å². The molecule has 0 spiro atoms. The Labute approximate surface area is 96.2 Å². The molecule has 15 heavy (non-hydrogen) atoms. The predicted molar refractivity (Wildman–Crippen MR) is 57.1 cm³/mol. The summed E-state index contributed by atoms with van der Waals surface area (Å²) in [7, 11) is 0. The summed E-state index contributed by atoms with van der Waals surface area (Å²) < 4.78 is 12.8. The number of rotatable bonds is 1. The highest BCUT2D eigenvalue weighted by molar-refractivity contribution is 6.36. The average Bonchev–Trinajstić information content (AvgIpc) is 2.08. The van der Waals surface area contributed by atoms with E-state index in [0.29, 0.717) is 5.56 Å². The second-order valence-corrected chi connectivity index (χ2v) is 3.50. The van der Waals surface area contributed by atoms with Gasteiger partial charge < -0.3 is 5.73 Å². The second-order valence-electron chi connectivity index (χ2n) is 2.69. The summed E-state index contributed by atoms with van der Waals surface area (Å²) in [5.41, 5.74) is 5.18. The van der Waals surface area contributed by atoms with Gasteiger partial charge in [-0.2, -0.15) is 0 Å². The minimum Gasteiger partial charge on any atom is -0.369 e. The number of nitrogens with two attached hydrogens (primary N) is 1. The number of hydrogen-bond acceptors (Lipinski definition) is 1. The molecule has 0 bridgehead atoms. The summed E-state index contributed by atoms with van der Waals surface area (Å²) in [6.45, 7) is 0. The number of hydrogen-bond donors (Lipinski definition) is 1. The predicted octanol–water partition coefficient (Wildman–Crippen LogP) is 2.36.